The van der Waals surface area contributed by atoms with Crippen LogP contribution < -0.4 is 16.6 Å². The van der Waals surface area contributed by atoms with Gasteiger partial charge in [-0.2, -0.15) is 0 Å². The van der Waals surface area contributed by atoms with Crippen molar-refractivity contribution in [3.05, 3.63) is 109 Å². The van der Waals surface area contributed by atoms with Gasteiger partial charge in [-0.1, -0.05) is 30.3 Å². The Bertz CT molecular complexity index is 1410. The van der Waals surface area contributed by atoms with E-state index in [1.807, 2.05) is 30.3 Å². The summed E-state index contributed by atoms with van der Waals surface area (Å²) in [5.41, 5.74) is 1.81. The fraction of sp³-hybridized carbons (Fsp3) is 0.217. The van der Waals surface area contributed by atoms with Crippen molar-refractivity contribution in [2.45, 2.75) is 19.5 Å². The molecule has 4 aromatic rings. The second-order valence-corrected chi connectivity index (χ2v) is 7.58. The van der Waals surface area contributed by atoms with Crippen LogP contribution in [0.5, 0.6) is 0 Å². The molecule has 0 bridgehead atoms. The Hall–Kier alpha value is -4.18. The van der Waals surface area contributed by atoms with Gasteiger partial charge in [0.1, 0.15) is 11.8 Å². The van der Waals surface area contributed by atoms with E-state index < -0.39 is 10.6 Å². The van der Waals surface area contributed by atoms with Crippen molar-refractivity contribution in [2.75, 3.05) is 6.54 Å². The highest BCUT2D eigenvalue weighted by atomic mass is 16.6. The molecule has 4 rings (SSSR count). The van der Waals surface area contributed by atoms with E-state index in [9.17, 15) is 19.7 Å². The molecule has 0 atom stereocenters. The Morgan fingerprint density at radius 2 is 1.85 bits per heavy atom. The normalized spacial score (nSPS) is 11.1. The van der Waals surface area contributed by atoms with E-state index in [1.54, 1.807) is 25.4 Å². The Morgan fingerprint density at radius 3 is 2.55 bits per heavy atom. The largest absolute Gasteiger partial charge is 0.332 e. The smallest absolute Gasteiger partial charge is 0.312 e. The zero-order chi connectivity index (χ0) is 23.4. The SMILES string of the molecule is Cn1c(=O)n(Cc2ccccc2)c(=O)c2c(CNCCc3ccc([N+](=O)[O-])cn3)ccnc21. The Kier molecular flexibility index (Phi) is 6.36. The monoisotopic (exact) mass is 446 g/mol. The molecule has 0 aliphatic heterocycles. The third-order valence-corrected chi connectivity index (χ3v) is 5.39. The second-order valence-electron chi connectivity index (χ2n) is 7.58. The molecule has 0 amide bonds. The van der Waals surface area contributed by atoms with Crippen LogP contribution in [0, 0.1) is 10.1 Å². The fourth-order valence-corrected chi connectivity index (χ4v) is 3.63. The van der Waals surface area contributed by atoms with Gasteiger partial charge in [-0.25, -0.2) is 9.78 Å². The third-order valence-electron chi connectivity index (χ3n) is 5.39. The van der Waals surface area contributed by atoms with Gasteiger partial charge in [-0.3, -0.25) is 29.0 Å². The number of nitrogens with zero attached hydrogens (tertiary/aromatic N) is 5. The predicted octanol–water partition coefficient (Wildman–Crippen LogP) is 1.78. The van der Waals surface area contributed by atoms with Crippen LogP contribution in [0.2, 0.25) is 0 Å². The Labute approximate surface area is 188 Å². The van der Waals surface area contributed by atoms with Crippen LogP contribution in [0.4, 0.5) is 5.69 Å². The molecule has 3 aromatic heterocycles. The number of fused-ring (bicyclic) bond motifs is 1. The van der Waals surface area contributed by atoms with Crippen molar-refractivity contribution in [2.24, 2.45) is 7.05 Å². The van der Waals surface area contributed by atoms with Crippen molar-refractivity contribution >= 4 is 16.7 Å². The molecule has 0 saturated heterocycles. The lowest BCUT2D eigenvalue weighted by Gasteiger charge is -2.13. The van der Waals surface area contributed by atoms with Gasteiger partial charge in [0.05, 0.1) is 16.9 Å². The summed E-state index contributed by atoms with van der Waals surface area (Å²) in [5, 5.41) is 14.4. The van der Waals surface area contributed by atoms with Crippen molar-refractivity contribution in [3.63, 3.8) is 0 Å². The van der Waals surface area contributed by atoms with Gasteiger partial charge in [0, 0.05) is 44.5 Å². The van der Waals surface area contributed by atoms with Crippen LogP contribution in [0.15, 0.2) is 70.5 Å². The molecule has 33 heavy (non-hydrogen) atoms. The number of aromatic nitrogens is 4. The van der Waals surface area contributed by atoms with Crippen LogP contribution in [0.1, 0.15) is 16.8 Å². The number of nitro groups is 1. The molecule has 0 radical (unpaired) electrons. The number of nitrogens with one attached hydrogen (secondary N) is 1. The summed E-state index contributed by atoms with van der Waals surface area (Å²) in [4.78, 5) is 44.7. The molecule has 1 N–H and O–H groups in total. The maximum atomic E-state index is 13.3. The van der Waals surface area contributed by atoms with E-state index in [1.165, 1.54) is 21.4 Å². The van der Waals surface area contributed by atoms with Crippen molar-refractivity contribution in [1.29, 1.82) is 0 Å². The third kappa shape index (κ3) is 4.70. The summed E-state index contributed by atoms with van der Waals surface area (Å²) in [6.07, 6.45) is 3.39. The lowest BCUT2D eigenvalue weighted by atomic mass is 10.1. The first-order valence-electron chi connectivity index (χ1n) is 10.4. The minimum Gasteiger partial charge on any atom is -0.312 e. The summed E-state index contributed by atoms with van der Waals surface area (Å²) < 4.78 is 2.62. The van der Waals surface area contributed by atoms with Crippen molar-refractivity contribution in [1.82, 2.24) is 24.4 Å². The van der Waals surface area contributed by atoms with E-state index in [4.69, 9.17) is 0 Å². The van der Waals surface area contributed by atoms with Crippen LogP contribution in [-0.4, -0.2) is 30.6 Å². The summed E-state index contributed by atoms with van der Waals surface area (Å²) in [6.45, 7) is 1.12. The summed E-state index contributed by atoms with van der Waals surface area (Å²) in [6, 6.07) is 14.2. The van der Waals surface area contributed by atoms with Crippen molar-refractivity contribution < 1.29 is 4.92 Å². The van der Waals surface area contributed by atoms with Crippen LogP contribution in [0.3, 0.4) is 0 Å². The molecule has 0 spiro atoms. The zero-order valence-electron chi connectivity index (χ0n) is 18.0. The number of benzene rings is 1. The first-order valence-corrected chi connectivity index (χ1v) is 10.4. The molecule has 10 heteroatoms. The molecule has 0 unspecified atom stereocenters. The highest BCUT2D eigenvalue weighted by Crippen LogP contribution is 2.12. The number of hydrogen-bond donors (Lipinski definition) is 1. The molecule has 0 fully saturated rings. The van der Waals surface area contributed by atoms with E-state index in [0.717, 1.165) is 16.8 Å². The standard InChI is InChI=1S/C23H22N6O4/c1-27-21-20(22(30)28(23(27)31)15-16-5-3-2-4-6-16)17(9-12-25-21)13-24-11-10-18-7-8-19(14-26-18)29(32)33/h2-9,12,14,24H,10-11,13,15H2,1H3. The Balaban J connectivity index is 1.56. The molecule has 1 aromatic carbocycles. The topological polar surface area (TPSA) is 125 Å². The molecular weight excluding hydrogens is 424 g/mol. The molecule has 3 heterocycles. The van der Waals surface area contributed by atoms with Crippen LogP contribution >= 0.6 is 0 Å². The Morgan fingerprint density at radius 1 is 1.06 bits per heavy atom. The molecule has 0 aliphatic carbocycles. The fourth-order valence-electron chi connectivity index (χ4n) is 3.63. The lowest BCUT2D eigenvalue weighted by molar-refractivity contribution is -0.385. The van der Waals surface area contributed by atoms with Gasteiger partial charge < -0.3 is 5.32 Å². The maximum absolute atomic E-state index is 13.3. The van der Waals surface area contributed by atoms with Gasteiger partial charge in [0.2, 0.25) is 0 Å². The van der Waals surface area contributed by atoms with Gasteiger partial charge in [-0.05, 0) is 23.3 Å². The van der Waals surface area contributed by atoms with Gasteiger partial charge >= 0.3 is 5.69 Å². The van der Waals surface area contributed by atoms with Gasteiger partial charge in [0.15, 0.2) is 0 Å². The lowest BCUT2D eigenvalue weighted by Crippen LogP contribution is -2.40. The molecule has 168 valence electrons. The van der Waals surface area contributed by atoms with Crippen LogP contribution in [0.25, 0.3) is 11.0 Å². The van der Waals surface area contributed by atoms with Crippen molar-refractivity contribution in [3.8, 4) is 0 Å². The quantitative estimate of drug-likeness (QED) is 0.248. The summed E-state index contributed by atoms with van der Waals surface area (Å²) in [7, 11) is 1.61. The van der Waals surface area contributed by atoms with E-state index in [0.29, 0.717) is 30.5 Å². The maximum Gasteiger partial charge on any atom is 0.332 e. The first kappa shape index (κ1) is 22.0. The first-order chi connectivity index (χ1) is 16.0. The van der Waals surface area contributed by atoms with Crippen LogP contribution in [-0.2, 0) is 26.6 Å². The van der Waals surface area contributed by atoms with E-state index in [-0.39, 0.29) is 17.8 Å². The van der Waals surface area contributed by atoms with E-state index in [2.05, 4.69) is 15.3 Å². The number of rotatable bonds is 8. The van der Waals surface area contributed by atoms with Gasteiger partial charge in [-0.15, -0.1) is 0 Å². The molecule has 0 aliphatic rings. The highest BCUT2D eigenvalue weighted by Gasteiger charge is 2.15. The summed E-state index contributed by atoms with van der Waals surface area (Å²) >= 11 is 0. The zero-order valence-corrected chi connectivity index (χ0v) is 18.0. The predicted molar refractivity (Wildman–Crippen MR) is 123 cm³/mol. The molecule has 10 nitrogen and oxygen atoms in total. The number of aryl methyl sites for hydroxylation is 1. The highest BCUT2D eigenvalue weighted by molar-refractivity contribution is 5.77. The average molecular weight is 446 g/mol. The van der Waals surface area contributed by atoms with Gasteiger partial charge in [0.25, 0.3) is 11.2 Å². The summed E-state index contributed by atoms with van der Waals surface area (Å²) in [5.74, 6) is 0. The number of hydrogen-bond acceptors (Lipinski definition) is 7. The second kappa shape index (κ2) is 9.53. The number of pyridine rings is 2. The molecular formula is C23H22N6O4. The minimum absolute atomic E-state index is 0.0487. The average Bonchev–Trinajstić information content (AvgIpc) is 2.84. The minimum atomic E-state index is -0.485. The molecule has 0 saturated carbocycles. The van der Waals surface area contributed by atoms with E-state index >= 15 is 0 Å².